The molecule has 2 aromatic heterocycles. The minimum atomic E-state index is -0.972. The highest BCUT2D eigenvalue weighted by atomic mass is 19.1. The number of hydrogen-bond donors (Lipinski definition) is 0. The van der Waals surface area contributed by atoms with E-state index >= 15 is 0 Å². The Morgan fingerprint density at radius 2 is 1.92 bits per heavy atom. The first-order valence-corrected chi connectivity index (χ1v) is 8.35. The molecule has 1 aliphatic heterocycles. The van der Waals surface area contributed by atoms with Crippen LogP contribution in [0.1, 0.15) is 33.3 Å². The van der Waals surface area contributed by atoms with E-state index in [4.69, 9.17) is 9.31 Å². The molecule has 0 aromatic carbocycles. The van der Waals surface area contributed by atoms with Gasteiger partial charge in [0.25, 0.3) is 0 Å². The predicted octanol–water partition coefficient (Wildman–Crippen LogP) is 3.51. The van der Waals surface area contributed by atoms with E-state index in [0.717, 1.165) is 17.0 Å². The third-order valence-corrected chi connectivity index (χ3v) is 4.81. The molecule has 1 aliphatic rings. The smallest absolute Gasteiger partial charge is 0.398 e. The Morgan fingerprint density at radius 1 is 1.24 bits per heavy atom. The molecule has 1 fully saturated rings. The summed E-state index contributed by atoms with van der Waals surface area (Å²) in [6.45, 7) is 7.61. The zero-order valence-electron chi connectivity index (χ0n) is 15.3. The summed E-state index contributed by atoms with van der Waals surface area (Å²) in [5, 5.41) is 4.44. The Labute approximate surface area is 148 Å². The Bertz CT molecular complexity index is 771. The minimum Gasteiger partial charge on any atom is -0.398 e. The summed E-state index contributed by atoms with van der Waals surface area (Å²) in [6, 6.07) is 5.64. The number of pyridine rings is 1. The molecule has 0 aliphatic carbocycles. The summed E-state index contributed by atoms with van der Waals surface area (Å²) in [4.78, 5) is 4.33. The maximum Gasteiger partial charge on any atom is 0.524 e. The van der Waals surface area contributed by atoms with Crippen LogP contribution < -0.4 is 0 Å². The van der Waals surface area contributed by atoms with Crippen LogP contribution in [0.3, 0.4) is 0 Å². The summed E-state index contributed by atoms with van der Waals surface area (Å²) < 4.78 is 27.8. The van der Waals surface area contributed by atoms with E-state index in [1.807, 2.05) is 59.1 Å². The molecule has 3 heterocycles. The third-order valence-electron chi connectivity index (χ3n) is 4.81. The lowest BCUT2D eigenvalue weighted by molar-refractivity contribution is 0.00578. The van der Waals surface area contributed by atoms with Crippen molar-refractivity contribution in [1.29, 1.82) is 0 Å². The zero-order valence-corrected chi connectivity index (χ0v) is 15.3. The molecule has 0 unspecified atom stereocenters. The van der Waals surface area contributed by atoms with E-state index in [-0.39, 0.29) is 0 Å². The topological polar surface area (TPSA) is 49.2 Å². The van der Waals surface area contributed by atoms with Gasteiger partial charge < -0.3 is 9.31 Å². The van der Waals surface area contributed by atoms with Crippen LogP contribution in [0.5, 0.6) is 0 Å². The van der Waals surface area contributed by atoms with Crippen LogP contribution in [0, 0.1) is 0 Å². The number of rotatable bonds is 4. The van der Waals surface area contributed by atoms with Crippen LogP contribution in [-0.4, -0.2) is 33.1 Å². The summed E-state index contributed by atoms with van der Waals surface area (Å²) >= 11 is 0. The fraction of sp³-hybridized carbons (Fsp3) is 0.444. The van der Waals surface area contributed by atoms with Crippen molar-refractivity contribution in [2.75, 3.05) is 0 Å². The molecule has 0 spiro atoms. The maximum atomic E-state index is 14.6. The molecule has 0 radical (unpaired) electrons. The van der Waals surface area contributed by atoms with Gasteiger partial charge in [-0.1, -0.05) is 12.1 Å². The quantitative estimate of drug-likeness (QED) is 0.797. The Kier molecular flexibility index (Phi) is 4.55. The summed E-state index contributed by atoms with van der Waals surface area (Å²) in [5.41, 5.74) is 0.873. The summed E-state index contributed by atoms with van der Waals surface area (Å²) in [6.07, 6.45) is 5.47. The largest absolute Gasteiger partial charge is 0.524 e. The van der Waals surface area contributed by atoms with Gasteiger partial charge in [0, 0.05) is 25.0 Å². The number of aromatic nitrogens is 3. The lowest BCUT2D eigenvalue weighted by Crippen LogP contribution is -2.41. The molecular weight excluding hydrogens is 320 g/mol. The second kappa shape index (κ2) is 6.39. The van der Waals surface area contributed by atoms with Gasteiger partial charge in [-0.25, -0.2) is 4.39 Å². The normalized spacial score (nSPS) is 19.4. The molecule has 0 amide bonds. The number of nitrogens with zero attached hydrogens (tertiary/aromatic N) is 3. The van der Waals surface area contributed by atoms with Crippen molar-refractivity contribution in [3.05, 3.63) is 48.0 Å². The highest BCUT2D eigenvalue weighted by molar-refractivity contribution is 6.53. The number of aryl methyl sites for hydroxylation is 1. The van der Waals surface area contributed by atoms with Crippen molar-refractivity contribution in [3.8, 4) is 11.4 Å². The fourth-order valence-electron chi connectivity index (χ4n) is 2.66. The highest BCUT2D eigenvalue weighted by Crippen LogP contribution is 2.38. The predicted molar refractivity (Wildman–Crippen MR) is 95.4 cm³/mol. The van der Waals surface area contributed by atoms with Crippen molar-refractivity contribution in [3.63, 3.8) is 0 Å². The average molecular weight is 343 g/mol. The number of hydrogen-bond acceptors (Lipinski definition) is 4. The van der Waals surface area contributed by atoms with Crippen molar-refractivity contribution in [1.82, 2.24) is 14.8 Å². The van der Waals surface area contributed by atoms with E-state index in [9.17, 15) is 4.39 Å². The van der Waals surface area contributed by atoms with E-state index in [1.54, 1.807) is 10.9 Å². The molecule has 0 bridgehead atoms. The molecule has 5 nitrogen and oxygen atoms in total. The molecule has 0 atom stereocenters. The Hall–Kier alpha value is -1.99. The first-order valence-electron chi connectivity index (χ1n) is 8.35. The average Bonchev–Trinajstić information content (AvgIpc) is 3.02. The van der Waals surface area contributed by atoms with Crippen LogP contribution >= 0.6 is 0 Å². The second-order valence-electron chi connectivity index (χ2n) is 7.27. The van der Waals surface area contributed by atoms with E-state index in [2.05, 4.69) is 10.1 Å². The SMILES string of the molecule is Cn1cc(CC=C(F)B2OC(C)(C)C(C)(C)O2)c(-c2ccccn2)n1. The molecule has 1 saturated heterocycles. The van der Waals surface area contributed by atoms with Gasteiger partial charge in [-0.15, -0.1) is 0 Å². The van der Waals surface area contributed by atoms with Gasteiger partial charge in [0.1, 0.15) is 11.4 Å². The van der Waals surface area contributed by atoms with E-state index in [0.29, 0.717) is 6.42 Å². The van der Waals surface area contributed by atoms with Crippen molar-refractivity contribution < 1.29 is 13.7 Å². The van der Waals surface area contributed by atoms with Gasteiger partial charge >= 0.3 is 7.12 Å². The lowest BCUT2D eigenvalue weighted by Gasteiger charge is -2.32. The molecule has 0 N–H and O–H groups in total. The number of halogens is 1. The standard InChI is InChI=1S/C18H23BFN3O2/c1-17(2)18(3,4)25-19(24-17)15(20)10-9-13-12-23(5)22-16(13)14-8-6-7-11-21-14/h6-8,10-12H,9H2,1-5H3. The lowest BCUT2D eigenvalue weighted by atomic mass is 9.87. The monoisotopic (exact) mass is 343 g/mol. The van der Waals surface area contributed by atoms with Crippen LogP contribution in [0.4, 0.5) is 4.39 Å². The van der Waals surface area contributed by atoms with Gasteiger partial charge in [-0.2, -0.15) is 5.10 Å². The minimum absolute atomic E-state index is 0.385. The summed E-state index contributed by atoms with van der Waals surface area (Å²) in [7, 11) is 0.865. The van der Waals surface area contributed by atoms with Crippen LogP contribution in [-0.2, 0) is 22.8 Å². The molecule has 7 heteroatoms. The van der Waals surface area contributed by atoms with E-state index < -0.39 is 24.0 Å². The van der Waals surface area contributed by atoms with Crippen LogP contribution in [0.15, 0.2) is 42.4 Å². The molecule has 3 rings (SSSR count). The highest BCUT2D eigenvalue weighted by Gasteiger charge is 2.52. The Morgan fingerprint density at radius 3 is 2.52 bits per heavy atom. The zero-order chi connectivity index (χ0) is 18.2. The molecule has 2 aromatic rings. The molecular formula is C18H23BFN3O2. The third kappa shape index (κ3) is 3.53. The van der Waals surface area contributed by atoms with Crippen LogP contribution in [0.2, 0.25) is 0 Å². The molecule has 0 saturated carbocycles. The van der Waals surface area contributed by atoms with Gasteiger partial charge in [0.15, 0.2) is 0 Å². The first kappa shape index (κ1) is 17.8. The van der Waals surface area contributed by atoms with Gasteiger partial charge in [0.2, 0.25) is 0 Å². The second-order valence-corrected chi connectivity index (χ2v) is 7.27. The van der Waals surface area contributed by atoms with Gasteiger partial charge in [0.05, 0.1) is 16.9 Å². The Balaban J connectivity index is 1.79. The summed E-state index contributed by atoms with van der Waals surface area (Å²) in [5.74, 6) is 0. The van der Waals surface area contributed by atoms with Crippen molar-refractivity contribution >= 4 is 7.12 Å². The molecule has 132 valence electrons. The maximum absolute atomic E-state index is 14.6. The first-order chi connectivity index (χ1) is 11.7. The van der Waals surface area contributed by atoms with E-state index in [1.165, 1.54) is 6.08 Å². The number of allylic oxidation sites excluding steroid dienone is 1. The molecule has 25 heavy (non-hydrogen) atoms. The van der Waals surface area contributed by atoms with Gasteiger partial charge in [-0.3, -0.25) is 9.67 Å². The fourth-order valence-corrected chi connectivity index (χ4v) is 2.66. The van der Waals surface area contributed by atoms with Crippen molar-refractivity contribution in [2.24, 2.45) is 7.05 Å². The van der Waals surface area contributed by atoms with Crippen molar-refractivity contribution in [2.45, 2.75) is 45.3 Å². The van der Waals surface area contributed by atoms with Crippen LogP contribution in [0.25, 0.3) is 11.4 Å². The van der Waals surface area contributed by atoms with Gasteiger partial charge in [-0.05, 0) is 46.2 Å².